The highest BCUT2D eigenvalue weighted by Gasteiger charge is 2.25. The number of rotatable bonds is 3. The summed E-state index contributed by atoms with van der Waals surface area (Å²) in [6.07, 6.45) is 1.59. The quantitative estimate of drug-likeness (QED) is 0.781. The van der Waals surface area contributed by atoms with Crippen LogP contribution >= 0.6 is 0 Å². The molecular formula is C14H17N3O2. The largest absolute Gasteiger partial charge is 0.329 e. The number of fused-ring (bicyclic) bond motifs is 1. The Kier molecular flexibility index (Phi) is 3.40. The third-order valence-corrected chi connectivity index (χ3v) is 3.22. The number of pyridine rings is 1. The van der Waals surface area contributed by atoms with Gasteiger partial charge in [0, 0.05) is 17.3 Å². The minimum absolute atomic E-state index is 0.126. The van der Waals surface area contributed by atoms with Crippen molar-refractivity contribution in [3.8, 4) is 0 Å². The number of carbonyl (C=O) groups is 1. The lowest BCUT2D eigenvalue weighted by atomic mass is 10.0. The lowest BCUT2D eigenvalue weighted by Gasteiger charge is -2.22. The summed E-state index contributed by atoms with van der Waals surface area (Å²) in [5.74, 6) is -0.126. The molecule has 1 heterocycles. The molecule has 0 atom stereocenters. The van der Waals surface area contributed by atoms with E-state index in [-0.39, 0.29) is 11.5 Å². The van der Waals surface area contributed by atoms with Crippen molar-refractivity contribution in [1.82, 2.24) is 10.3 Å². The van der Waals surface area contributed by atoms with Crippen LogP contribution in [0.1, 0.15) is 13.8 Å². The first kappa shape index (κ1) is 13.3. The van der Waals surface area contributed by atoms with Crippen molar-refractivity contribution in [2.24, 2.45) is 0 Å². The van der Waals surface area contributed by atoms with Crippen LogP contribution < -0.4 is 16.2 Å². The number of likely N-dealkylation sites (N-methyl/N-ethyl adjacent to an activating group) is 1. The average Bonchev–Trinajstić information content (AvgIpc) is 2.38. The van der Waals surface area contributed by atoms with Gasteiger partial charge in [0.25, 0.3) is 5.56 Å². The number of nitrogens with one attached hydrogen (secondary N) is 3. The third kappa shape index (κ3) is 2.66. The van der Waals surface area contributed by atoms with Crippen LogP contribution in [0.2, 0.25) is 0 Å². The van der Waals surface area contributed by atoms with Gasteiger partial charge in [-0.05, 0) is 50.5 Å². The van der Waals surface area contributed by atoms with Crippen molar-refractivity contribution in [3.63, 3.8) is 0 Å². The second-order valence-corrected chi connectivity index (χ2v) is 4.94. The van der Waals surface area contributed by atoms with E-state index < -0.39 is 5.54 Å². The number of carbonyl (C=O) groups excluding carboxylic acids is 1. The molecule has 0 aliphatic carbocycles. The highest BCUT2D eigenvalue weighted by atomic mass is 16.2. The van der Waals surface area contributed by atoms with Crippen molar-refractivity contribution in [2.75, 3.05) is 12.4 Å². The molecule has 2 aromatic rings. The van der Waals surface area contributed by atoms with Gasteiger partial charge in [-0.1, -0.05) is 0 Å². The molecule has 0 saturated carbocycles. The zero-order chi connectivity index (χ0) is 14.0. The normalized spacial score (nSPS) is 11.5. The van der Waals surface area contributed by atoms with Gasteiger partial charge in [0.15, 0.2) is 0 Å². The topological polar surface area (TPSA) is 74.0 Å². The van der Waals surface area contributed by atoms with Crippen molar-refractivity contribution >= 4 is 22.4 Å². The molecule has 0 radical (unpaired) electrons. The summed E-state index contributed by atoms with van der Waals surface area (Å²) in [7, 11) is 1.74. The van der Waals surface area contributed by atoms with Crippen LogP contribution in [-0.2, 0) is 4.79 Å². The molecule has 0 spiro atoms. The molecule has 0 unspecified atom stereocenters. The van der Waals surface area contributed by atoms with Gasteiger partial charge >= 0.3 is 0 Å². The summed E-state index contributed by atoms with van der Waals surface area (Å²) in [4.78, 5) is 26.2. The van der Waals surface area contributed by atoms with Crippen molar-refractivity contribution < 1.29 is 4.79 Å². The molecular weight excluding hydrogens is 242 g/mol. The number of aromatic amines is 1. The molecule has 0 bridgehead atoms. The van der Waals surface area contributed by atoms with E-state index in [1.54, 1.807) is 51.4 Å². The van der Waals surface area contributed by atoms with E-state index >= 15 is 0 Å². The zero-order valence-electron chi connectivity index (χ0n) is 11.2. The molecule has 5 nitrogen and oxygen atoms in total. The van der Waals surface area contributed by atoms with Gasteiger partial charge in [-0.15, -0.1) is 0 Å². The predicted molar refractivity (Wildman–Crippen MR) is 76.3 cm³/mol. The second kappa shape index (κ2) is 4.85. The van der Waals surface area contributed by atoms with E-state index in [0.717, 1.165) is 5.39 Å². The van der Waals surface area contributed by atoms with E-state index in [1.165, 1.54) is 0 Å². The number of H-pyrrole nitrogens is 1. The summed E-state index contributed by atoms with van der Waals surface area (Å²) < 4.78 is 0. The summed E-state index contributed by atoms with van der Waals surface area (Å²) in [5, 5.41) is 7.17. The Hall–Kier alpha value is -2.14. The third-order valence-electron chi connectivity index (χ3n) is 3.22. The number of amides is 1. The van der Waals surface area contributed by atoms with Gasteiger partial charge in [-0.25, -0.2) is 0 Å². The Bertz CT molecular complexity index is 674. The summed E-state index contributed by atoms with van der Waals surface area (Å²) in [6, 6.07) is 7.02. The lowest BCUT2D eigenvalue weighted by molar-refractivity contribution is -0.121. The molecule has 3 N–H and O–H groups in total. The Labute approximate surface area is 111 Å². The number of hydrogen-bond acceptors (Lipinski definition) is 3. The molecule has 0 aliphatic heterocycles. The molecule has 2 rings (SSSR count). The fourth-order valence-corrected chi connectivity index (χ4v) is 1.67. The van der Waals surface area contributed by atoms with E-state index in [9.17, 15) is 9.59 Å². The maximum atomic E-state index is 12.0. The Morgan fingerprint density at radius 2 is 2.00 bits per heavy atom. The lowest BCUT2D eigenvalue weighted by Crippen LogP contribution is -2.47. The van der Waals surface area contributed by atoms with Gasteiger partial charge in [-0.2, -0.15) is 0 Å². The maximum absolute atomic E-state index is 12.0. The molecule has 0 saturated heterocycles. The number of aromatic nitrogens is 1. The molecule has 5 heteroatoms. The fourth-order valence-electron chi connectivity index (χ4n) is 1.67. The highest BCUT2D eigenvalue weighted by Crippen LogP contribution is 2.17. The van der Waals surface area contributed by atoms with Crippen LogP contribution in [0.4, 0.5) is 5.69 Å². The maximum Gasteiger partial charge on any atom is 0.255 e. The van der Waals surface area contributed by atoms with Gasteiger partial charge < -0.3 is 15.6 Å². The monoisotopic (exact) mass is 259 g/mol. The van der Waals surface area contributed by atoms with Crippen LogP contribution in [0.5, 0.6) is 0 Å². The molecule has 1 aromatic heterocycles. The van der Waals surface area contributed by atoms with Crippen LogP contribution in [0.3, 0.4) is 0 Å². The van der Waals surface area contributed by atoms with Gasteiger partial charge in [0.05, 0.1) is 5.54 Å². The van der Waals surface area contributed by atoms with Crippen molar-refractivity contribution in [2.45, 2.75) is 19.4 Å². The van der Waals surface area contributed by atoms with Crippen LogP contribution in [0, 0.1) is 0 Å². The van der Waals surface area contributed by atoms with E-state index in [1.807, 2.05) is 0 Å². The minimum atomic E-state index is -0.650. The predicted octanol–water partition coefficient (Wildman–Crippen LogP) is 1.46. The highest BCUT2D eigenvalue weighted by molar-refractivity contribution is 5.99. The second-order valence-electron chi connectivity index (χ2n) is 4.94. The van der Waals surface area contributed by atoms with Gasteiger partial charge in [-0.3, -0.25) is 9.59 Å². The first-order valence-corrected chi connectivity index (χ1v) is 6.06. The molecule has 19 heavy (non-hydrogen) atoms. The minimum Gasteiger partial charge on any atom is -0.329 e. The summed E-state index contributed by atoms with van der Waals surface area (Å²) in [5.41, 5.74) is -0.110. The number of benzene rings is 1. The summed E-state index contributed by atoms with van der Waals surface area (Å²) >= 11 is 0. The van der Waals surface area contributed by atoms with Crippen molar-refractivity contribution in [1.29, 1.82) is 0 Å². The fraction of sp³-hybridized carbons (Fsp3) is 0.286. The SMILES string of the molecule is CNC(C)(C)C(=O)Nc1ccc2c(=O)[nH]ccc2c1. The molecule has 1 aromatic carbocycles. The van der Waals surface area contributed by atoms with Crippen molar-refractivity contribution in [3.05, 3.63) is 40.8 Å². The van der Waals surface area contributed by atoms with Crippen LogP contribution in [-0.4, -0.2) is 23.5 Å². The molecule has 0 fully saturated rings. The number of hydrogen-bond donors (Lipinski definition) is 3. The Morgan fingerprint density at radius 3 is 2.68 bits per heavy atom. The van der Waals surface area contributed by atoms with Gasteiger partial charge in [0.2, 0.25) is 5.91 Å². The molecule has 100 valence electrons. The van der Waals surface area contributed by atoms with Gasteiger partial charge in [0.1, 0.15) is 0 Å². The smallest absolute Gasteiger partial charge is 0.255 e. The standard InChI is InChI=1S/C14H17N3O2/c1-14(2,15-3)13(19)17-10-4-5-11-9(8-10)6-7-16-12(11)18/h4-8,15H,1-3H3,(H,16,18)(H,17,19). The van der Waals surface area contributed by atoms with Crippen LogP contribution in [0.25, 0.3) is 10.8 Å². The Morgan fingerprint density at radius 1 is 1.26 bits per heavy atom. The van der Waals surface area contributed by atoms with E-state index in [4.69, 9.17) is 0 Å². The average molecular weight is 259 g/mol. The van der Waals surface area contributed by atoms with Crippen LogP contribution in [0.15, 0.2) is 35.3 Å². The summed E-state index contributed by atoms with van der Waals surface area (Å²) in [6.45, 7) is 3.60. The first-order chi connectivity index (χ1) is 8.94. The molecule has 0 aliphatic rings. The first-order valence-electron chi connectivity index (χ1n) is 6.06. The van der Waals surface area contributed by atoms with E-state index in [0.29, 0.717) is 11.1 Å². The Balaban J connectivity index is 2.33. The zero-order valence-corrected chi connectivity index (χ0v) is 11.2. The molecule has 1 amide bonds. The number of anilines is 1. The van der Waals surface area contributed by atoms with E-state index in [2.05, 4.69) is 15.6 Å².